The molecule has 0 saturated heterocycles. The molecule has 2 rings (SSSR count). The molecule has 0 aliphatic heterocycles. The van der Waals surface area contributed by atoms with Gasteiger partial charge in [0, 0.05) is 11.6 Å². The Labute approximate surface area is 119 Å². The second-order valence-electron chi connectivity index (χ2n) is 5.13. The molecule has 1 saturated carbocycles. The van der Waals surface area contributed by atoms with Gasteiger partial charge in [0.05, 0.1) is 0 Å². The van der Waals surface area contributed by atoms with Crippen molar-refractivity contribution in [3.63, 3.8) is 0 Å². The van der Waals surface area contributed by atoms with Crippen molar-refractivity contribution in [1.29, 1.82) is 0 Å². The number of amides is 1. The summed E-state index contributed by atoms with van der Waals surface area (Å²) in [5, 5.41) is 6.42. The Balaban J connectivity index is 1.84. The van der Waals surface area contributed by atoms with Crippen LogP contribution < -0.4 is 10.6 Å². The Morgan fingerprint density at radius 1 is 1.16 bits per heavy atom. The zero-order valence-corrected chi connectivity index (χ0v) is 12.1. The Morgan fingerprint density at radius 3 is 2.42 bits per heavy atom. The van der Waals surface area contributed by atoms with Crippen molar-refractivity contribution >= 4 is 23.2 Å². The van der Waals surface area contributed by atoms with Gasteiger partial charge in [0.1, 0.15) is 0 Å². The molecule has 0 heterocycles. The van der Waals surface area contributed by atoms with Gasteiger partial charge in [0.25, 0.3) is 5.91 Å². The summed E-state index contributed by atoms with van der Waals surface area (Å²) >= 11 is 5.19. The van der Waals surface area contributed by atoms with E-state index in [2.05, 4.69) is 10.6 Å². The summed E-state index contributed by atoms with van der Waals surface area (Å²) in [7, 11) is 0. The van der Waals surface area contributed by atoms with Gasteiger partial charge in [0.2, 0.25) is 0 Å². The molecule has 2 N–H and O–H groups in total. The number of carbonyl (C=O) groups excluding carboxylic acids is 1. The van der Waals surface area contributed by atoms with Gasteiger partial charge in [0.15, 0.2) is 5.11 Å². The molecule has 3 nitrogen and oxygen atoms in total. The normalized spacial score (nSPS) is 15.8. The van der Waals surface area contributed by atoms with E-state index in [1.165, 1.54) is 19.3 Å². The van der Waals surface area contributed by atoms with Crippen molar-refractivity contribution in [2.24, 2.45) is 0 Å². The van der Waals surface area contributed by atoms with Crippen LogP contribution in [0.2, 0.25) is 0 Å². The second kappa shape index (κ2) is 6.66. The maximum Gasteiger partial charge on any atom is 0.257 e. The summed E-state index contributed by atoms with van der Waals surface area (Å²) in [5.74, 6) is -0.145. The molecule has 1 amide bonds. The molecule has 19 heavy (non-hydrogen) atoms. The molecule has 0 atom stereocenters. The van der Waals surface area contributed by atoms with Gasteiger partial charge < -0.3 is 5.32 Å². The van der Waals surface area contributed by atoms with Crippen LogP contribution in [0.4, 0.5) is 0 Å². The monoisotopic (exact) mass is 276 g/mol. The quantitative estimate of drug-likeness (QED) is 0.816. The van der Waals surface area contributed by atoms with Crippen molar-refractivity contribution in [2.75, 3.05) is 0 Å². The molecular formula is C15H20N2OS. The fourth-order valence-electron chi connectivity index (χ4n) is 2.35. The standard InChI is InChI=1S/C15H20N2OS/c1-11-7-9-12(10-8-11)14(18)17-15(19)16-13-5-3-2-4-6-13/h7-10,13H,2-6H2,1H3,(H2,16,17,18,19). The number of rotatable bonds is 2. The summed E-state index contributed by atoms with van der Waals surface area (Å²) < 4.78 is 0. The minimum atomic E-state index is -0.145. The first-order valence-electron chi connectivity index (χ1n) is 6.83. The van der Waals surface area contributed by atoms with E-state index in [0.29, 0.717) is 16.7 Å². The molecule has 1 aromatic rings. The Morgan fingerprint density at radius 2 is 1.79 bits per heavy atom. The van der Waals surface area contributed by atoms with E-state index in [9.17, 15) is 4.79 Å². The molecule has 0 bridgehead atoms. The van der Waals surface area contributed by atoms with Crippen LogP contribution in [0, 0.1) is 6.92 Å². The number of nitrogens with one attached hydrogen (secondary N) is 2. The van der Waals surface area contributed by atoms with Crippen LogP contribution in [0.25, 0.3) is 0 Å². The van der Waals surface area contributed by atoms with E-state index in [-0.39, 0.29) is 5.91 Å². The summed E-state index contributed by atoms with van der Waals surface area (Å²) in [5.41, 5.74) is 1.78. The molecule has 0 unspecified atom stereocenters. The fourth-order valence-corrected chi connectivity index (χ4v) is 2.61. The number of hydrogen-bond acceptors (Lipinski definition) is 2. The lowest BCUT2D eigenvalue weighted by molar-refractivity contribution is 0.0976. The van der Waals surface area contributed by atoms with Crippen molar-refractivity contribution in [2.45, 2.75) is 45.1 Å². The van der Waals surface area contributed by atoms with Gasteiger partial charge in [-0.1, -0.05) is 37.0 Å². The van der Waals surface area contributed by atoms with E-state index in [1.807, 2.05) is 31.2 Å². The average Bonchev–Trinajstić information content (AvgIpc) is 2.40. The average molecular weight is 276 g/mol. The molecule has 102 valence electrons. The first-order chi connectivity index (χ1) is 9.15. The molecule has 0 spiro atoms. The molecule has 1 aromatic carbocycles. The van der Waals surface area contributed by atoms with Gasteiger partial charge in [-0.25, -0.2) is 0 Å². The third kappa shape index (κ3) is 4.31. The van der Waals surface area contributed by atoms with Crippen LogP contribution in [0.3, 0.4) is 0 Å². The summed E-state index contributed by atoms with van der Waals surface area (Å²) in [6.07, 6.45) is 6.07. The molecule has 1 aliphatic carbocycles. The number of carbonyl (C=O) groups is 1. The summed E-state index contributed by atoms with van der Waals surface area (Å²) in [6.45, 7) is 2.00. The molecule has 1 fully saturated rings. The molecule has 1 aliphatic rings. The Kier molecular flexibility index (Phi) is 4.91. The van der Waals surface area contributed by atoms with Gasteiger partial charge in [-0.15, -0.1) is 0 Å². The molecule has 0 radical (unpaired) electrons. The van der Waals surface area contributed by atoms with Crippen molar-refractivity contribution < 1.29 is 4.79 Å². The minimum absolute atomic E-state index is 0.145. The van der Waals surface area contributed by atoms with Gasteiger partial charge in [-0.05, 0) is 44.1 Å². The van der Waals surface area contributed by atoms with E-state index in [4.69, 9.17) is 12.2 Å². The predicted octanol–water partition coefficient (Wildman–Crippen LogP) is 2.93. The highest BCUT2D eigenvalue weighted by Crippen LogP contribution is 2.17. The Hall–Kier alpha value is -1.42. The van der Waals surface area contributed by atoms with Crippen molar-refractivity contribution in [3.8, 4) is 0 Å². The maximum absolute atomic E-state index is 12.0. The topological polar surface area (TPSA) is 41.1 Å². The van der Waals surface area contributed by atoms with Crippen molar-refractivity contribution in [1.82, 2.24) is 10.6 Å². The van der Waals surface area contributed by atoms with Crippen LogP contribution in [0.1, 0.15) is 48.0 Å². The van der Waals surface area contributed by atoms with Crippen LogP contribution in [-0.2, 0) is 0 Å². The maximum atomic E-state index is 12.0. The number of hydrogen-bond donors (Lipinski definition) is 2. The Bertz CT molecular complexity index is 450. The summed E-state index contributed by atoms with van der Waals surface area (Å²) in [4.78, 5) is 12.0. The van der Waals surface area contributed by atoms with Gasteiger partial charge in [-0.2, -0.15) is 0 Å². The lowest BCUT2D eigenvalue weighted by atomic mass is 9.96. The largest absolute Gasteiger partial charge is 0.360 e. The van der Waals surface area contributed by atoms with Crippen LogP contribution in [0.5, 0.6) is 0 Å². The second-order valence-corrected chi connectivity index (χ2v) is 5.54. The van der Waals surface area contributed by atoms with E-state index >= 15 is 0 Å². The lowest BCUT2D eigenvalue weighted by Crippen LogP contribution is -2.44. The zero-order chi connectivity index (χ0) is 13.7. The first-order valence-corrected chi connectivity index (χ1v) is 7.24. The highest BCUT2D eigenvalue weighted by molar-refractivity contribution is 7.80. The highest BCUT2D eigenvalue weighted by atomic mass is 32.1. The van der Waals surface area contributed by atoms with Crippen LogP contribution in [-0.4, -0.2) is 17.1 Å². The number of thiocarbonyl (C=S) groups is 1. The van der Waals surface area contributed by atoms with E-state index in [1.54, 1.807) is 0 Å². The van der Waals surface area contributed by atoms with Crippen molar-refractivity contribution in [3.05, 3.63) is 35.4 Å². The number of aryl methyl sites for hydroxylation is 1. The highest BCUT2D eigenvalue weighted by Gasteiger charge is 2.15. The van der Waals surface area contributed by atoms with Gasteiger partial charge in [-0.3, -0.25) is 10.1 Å². The third-order valence-electron chi connectivity index (χ3n) is 3.48. The predicted molar refractivity (Wildman–Crippen MR) is 81.3 cm³/mol. The smallest absolute Gasteiger partial charge is 0.257 e. The fraction of sp³-hybridized carbons (Fsp3) is 0.467. The van der Waals surface area contributed by atoms with Crippen LogP contribution >= 0.6 is 12.2 Å². The van der Waals surface area contributed by atoms with Crippen LogP contribution in [0.15, 0.2) is 24.3 Å². The summed E-state index contributed by atoms with van der Waals surface area (Å²) in [6, 6.07) is 7.89. The first kappa shape index (κ1) is 14.0. The molecule has 0 aromatic heterocycles. The minimum Gasteiger partial charge on any atom is -0.360 e. The van der Waals surface area contributed by atoms with E-state index in [0.717, 1.165) is 18.4 Å². The molecule has 4 heteroatoms. The zero-order valence-electron chi connectivity index (χ0n) is 11.2. The SMILES string of the molecule is Cc1ccc(C(=O)NC(=S)NC2CCCCC2)cc1. The molecular weight excluding hydrogens is 256 g/mol. The number of benzene rings is 1. The third-order valence-corrected chi connectivity index (χ3v) is 3.70. The lowest BCUT2D eigenvalue weighted by Gasteiger charge is -2.24. The van der Waals surface area contributed by atoms with Gasteiger partial charge >= 0.3 is 0 Å². The van der Waals surface area contributed by atoms with E-state index < -0.39 is 0 Å².